The van der Waals surface area contributed by atoms with Gasteiger partial charge < -0.3 is 79.4 Å². The zero-order valence-corrected chi connectivity index (χ0v) is 36.6. The van der Waals surface area contributed by atoms with Crippen molar-refractivity contribution in [3.8, 4) is 0 Å². The molecule has 9 atom stereocenters. The molecule has 7 amide bonds. The Bertz CT molecular complexity index is 1800. The molecule has 26 nitrogen and oxygen atoms in total. The van der Waals surface area contributed by atoms with E-state index in [2.05, 4.69) is 26.6 Å². The number of methoxy groups -OCH3 is 1. The molecule has 0 bridgehead atoms. The van der Waals surface area contributed by atoms with E-state index in [1.54, 1.807) is 13.8 Å². The third kappa shape index (κ3) is 14.8. The lowest BCUT2D eigenvalue weighted by molar-refractivity contribution is -0.192. The fourth-order valence-electron chi connectivity index (χ4n) is 6.39. The number of thioether (sulfide) groups is 1. The van der Waals surface area contributed by atoms with E-state index in [0.717, 1.165) is 23.8 Å². The van der Waals surface area contributed by atoms with Gasteiger partial charge in [0, 0.05) is 31.3 Å². The Morgan fingerprint density at radius 3 is 2.05 bits per heavy atom. The van der Waals surface area contributed by atoms with Crippen molar-refractivity contribution in [2.45, 2.75) is 119 Å². The van der Waals surface area contributed by atoms with E-state index in [1.165, 1.54) is 6.92 Å². The number of ether oxygens (including phenoxy) is 2. The molecule has 2 rings (SSSR count). The largest absolute Gasteiger partial charge is 0.480 e. The second kappa shape index (κ2) is 25.1. The quantitative estimate of drug-likeness (QED) is 0.0197. The summed E-state index contributed by atoms with van der Waals surface area (Å²) in [5.74, 6) is -10.8. The van der Waals surface area contributed by atoms with Gasteiger partial charge in [-0.2, -0.15) is 0 Å². The number of fused-ring (bicyclic) bond motifs is 1. The van der Waals surface area contributed by atoms with Crippen molar-refractivity contribution in [3.05, 3.63) is 11.3 Å². The van der Waals surface area contributed by atoms with Crippen LogP contribution >= 0.6 is 11.8 Å². The van der Waals surface area contributed by atoms with Crippen LogP contribution < -0.4 is 49.5 Å². The van der Waals surface area contributed by atoms with Crippen molar-refractivity contribution in [2.75, 3.05) is 32.6 Å². The fourth-order valence-corrected chi connectivity index (χ4v) is 7.81. The van der Waals surface area contributed by atoms with Gasteiger partial charge in [-0.15, -0.1) is 11.8 Å². The molecule has 2 aliphatic rings. The molecule has 64 heavy (non-hydrogen) atoms. The Labute approximate surface area is 371 Å². The standard InChI is InChI=1S/C37H60N10O16S/c1-16(2)27(45-30(54)20(8-6-10-38)42-31(55)22(13-48)44-29(53)17(3)39)32(56)43-21(11-24(41)50)23(49)12-26(52)63-14-18-15-64-36-37(62-4,35(61)47(36)28(18)34(59)60)46-25(51)9-5-7-19(40)33(57)58/h16-17,19-23,27,36,48-49H,5-15,38-40H2,1-4H3,(H2,41,50)(H,42,55)(H,43,56)(H,44,53)(H,45,54)(H,46,51)(H,57,58)(H,59,60). The van der Waals surface area contributed by atoms with Crippen LogP contribution in [-0.4, -0.2) is 171 Å². The number of nitrogens with zero attached hydrogens (tertiary/aromatic N) is 1. The minimum absolute atomic E-state index is 0.0231. The number of aliphatic carboxylic acids is 2. The topological polar surface area (TPSA) is 438 Å². The number of carbonyl (C=O) groups is 10. The first-order chi connectivity index (χ1) is 29.9. The lowest BCUT2D eigenvalue weighted by Gasteiger charge is -2.55. The second-order valence-corrected chi connectivity index (χ2v) is 16.5. The predicted molar refractivity (Wildman–Crippen MR) is 222 cm³/mol. The van der Waals surface area contributed by atoms with E-state index in [1.807, 2.05) is 0 Å². The molecule has 1 saturated heterocycles. The molecule has 0 spiro atoms. The molecule has 2 heterocycles. The number of hydrogen-bond acceptors (Lipinski definition) is 18. The first-order valence-corrected chi connectivity index (χ1v) is 21.2. The molecule has 0 aromatic rings. The Kier molecular flexibility index (Phi) is 21.5. The number of β-lactam (4-membered cyclic amide) rings is 1. The van der Waals surface area contributed by atoms with Gasteiger partial charge in [0.25, 0.3) is 11.6 Å². The number of nitrogens with one attached hydrogen (secondary N) is 5. The summed E-state index contributed by atoms with van der Waals surface area (Å²) < 4.78 is 10.6. The molecule has 0 aromatic carbocycles. The fraction of sp³-hybridized carbons (Fsp3) is 0.676. The third-order valence-electron chi connectivity index (χ3n) is 10.00. The molecule has 0 aromatic heterocycles. The number of aliphatic hydroxyl groups is 2. The average Bonchev–Trinajstić information content (AvgIpc) is 3.22. The number of carbonyl (C=O) groups excluding carboxylic acids is 8. The molecule has 1 fully saturated rings. The Morgan fingerprint density at radius 1 is 0.891 bits per heavy atom. The predicted octanol–water partition coefficient (Wildman–Crippen LogP) is -5.88. The Morgan fingerprint density at radius 2 is 1.52 bits per heavy atom. The first-order valence-electron chi connectivity index (χ1n) is 20.1. The molecule has 2 aliphatic heterocycles. The summed E-state index contributed by atoms with van der Waals surface area (Å²) in [5, 5.41) is 50.7. The van der Waals surface area contributed by atoms with Gasteiger partial charge in [0.1, 0.15) is 41.8 Å². The van der Waals surface area contributed by atoms with E-state index in [4.69, 9.17) is 37.5 Å². The summed E-state index contributed by atoms with van der Waals surface area (Å²) in [6, 6.07) is -7.88. The van der Waals surface area contributed by atoms with E-state index in [9.17, 15) is 63.3 Å². The van der Waals surface area contributed by atoms with Gasteiger partial charge in [0.15, 0.2) is 0 Å². The molecular formula is C37H60N10O16S. The van der Waals surface area contributed by atoms with Gasteiger partial charge >= 0.3 is 17.9 Å². The minimum atomic E-state index is -1.96. The summed E-state index contributed by atoms with van der Waals surface area (Å²) in [5.41, 5.74) is 19.4. The highest BCUT2D eigenvalue weighted by Crippen LogP contribution is 2.46. The maximum absolute atomic E-state index is 13.6. The highest BCUT2D eigenvalue weighted by atomic mass is 32.2. The maximum atomic E-state index is 13.6. The minimum Gasteiger partial charge on any atom is -0.480 e. The zero-order chi connectivity index (χ0) is 48.6. The first kappa shape index (κ1) is 54.7. The highest BCUT2D eigenvalue weighted by molar-refractivity contribution is 8.00. The van der Waals surface area contributed by atoms with Crippen LogP contribution in [0.2, 0.25) is 0 Å². The summed E-state index contributed by atoms with van der Waals surface area (Å²) in [6.07, 6.45) is -3.35. The smallest absolute Gasteiger partial charge is 0.352 e. The van der Waals surface area contributed by atoms with E-state index in [-0.39, 0.29) is 50.0 Å². The highest BCUT2D eigenvalue weighted by Gasteiger charge is 2.66. The SMILES string of the molecule is COC1(NC(=O)CCCC(N)C(=O)O)C(=O)N2C(C(=O)O)=C(COC(=O)CC(O)C(CC(N)=O)NC(=O)C(NC(=O)C(CCCN)NC(=O)C(CO)NC(=O)C(C)N)C(C)C)CSC21. The zero-order valence-electron chi connectivity index (χ0n) is 35.8. The average molecular weight is 933 g/mol. The van der Waals surface area contributed by atoms with E-state index in [0.29, 0.717) is 0 Å². The number of carboxylic acids is 2. The summed E-state index contributed by atoms with van der Waals surface area (Å²) in [4.78, 5) is 127. The van der Waals surface area contributed by atoms with Crippen LogP contribution in [0.4, 0.5) is 0 Å². The number of nitrogens with two attached hydrogens (primary N) is 4. The summed E-state index contributed by atoms with van der Waals surface area (Å²) >= 11 is 0.980. The van der Waals surface area contributed by atoms with Crippen LogP contribution in [0.1, 0.15) is 65.7 Å². The van der Waals surface area contributed by atoms with Crippen LogP contribution in [0.5, 0.6) is 0 Å². The van der Waals surface area contributed by atoms with Crippen LogP contribution in [-0.2, 0) is 57.4 Å². The van der Waals surface area contributed by atoms with Crippen molar-refractivity contribution in [3.63, 3.8) is 0 Å². The molecule has 9 unspecified atom stereocenters. The number of primary amides is 1. The van der Waals surface area contributed by atoms with Crippen molar-refractivity contribution in [1.29, 1.82) is 0 Å². The van der Waals surface area contributed by atoms with Crippen molar-refractivity contribution < 1.29 is 77.8 Å². The third-order valence-corrected chi connectivity index (χ3v) is 11.4. The van der Waals surface area contributed by atoms with E-state index < -0.39 is 150 Å². The van der Waals surface area contributed by atoms with Gasteiger partial charge in [-0.05, 0) is 45.1 Å². The number of aliphatic hydroxyl groups excluding tert-OH is 2. The second-order valence-electron chi connectivity index (χ2n) is 15.4. The number of hydrogen-bond donors (Lipinski definition) is 13. The number of carboxylic acid groups (broad SMARTS) is 2. The molecule has 17 N–H and O–H groups in total. The summed E-state index contributed by atoms with van der Waals surface area (Å²) in [7, 11) is 1.13. The van der Waals surface area contributed by atoms with Gasteiger partial charge in [-0.3, -0.25) is 48.1 Å². The van der Waals surface area contributed by atoms with Gasteiger partial charge in [0.2, 0.25) is 35.4 Å². The number of amides is 7. The number of esters is 1. The Hall–Kier alpha value is -5.45. The lowest BCUT2D eigenvalue weighted by atomic mass is 9.97. The maximum Gasteiger partial charge on any atom is 0.352 e. The van der Waals surface area contributed by atoms with Gasteiger partial charge in [0.05, 0.1) is 31.2 Å². The van der Waals surface area contributed by atoms with Gasteiger partial charge in [-0.1, -0.05) is 13.8 Å². The van der Waals surface area contributed by atoms with Crippen molar-refractivity contribution >= 4 is 71.0 Å². The van der Waals surface area contributed by atoms with Crippen molar-refractivity contribution in [1.82, 2.24) is 31.5 Å². The van der Waals surface area contributed by atoms with Crippen LogP contribution in [0.25, 0.3) is 0 Å². The summed E-state index contributed by atoms with van der Waals surface area (Å²) in [6.45, 7) is 3.05. The molecular weight excluding hydrogens is 873 g/mol. The lowest BCUT2D eigenvalue weighted by Crippen LogP contribution is -2.80. The Balaban J connectivity index is 2.15. The van der Waals surface area contributed by atoms with Crippen LogP contribution in [0.15, 0.2) is 11.3 Å². The molecule has 0 radical (unpaired) electrons. The number of rotatable bonds is 28. The molecule has 27 heteroatoms. The molecule has 0 aliphatic carbocycles. The van der Waals surface area contributed by atoms with Crippen LogP contribution in [0, 0.1) is 5.92 Å². The van der Waals surface area contributed by atoms with Crippen LogP contribution in [0.3, 0.4) is 0 Å². The molecule has 0 saturated carbocycles. The van der Waals surface area contributed by atoms with Crippen molar-refractivity contribution in [2.24, 2.45) is 28.9 Å². The monoisotopic (exact) mass is 932 g/mol. The van der Waals surface area contributed by atoms with Gasteiger partial charge in [-0.25, -0.2) is 4.79 Å². The normalized spacial score (nSPS) is 20.2. The molecule has 360 valence electrons. The van der Waals surface area contributed by atoms with E-state index >= 15 is 0 Å².